The van der Waals surface area contributed by atoms with Crippen molar-refractivity contribution in [2.24, 2.45) is 0 Å². The number of nitrogens with one attached hydrogen (secondary N) is 3. The molecule has 0 atom stereocenters. The highest BCUT2D eigenvalue weighted by Crippen LogP contribution is 2.24. The Kier molecular flexibility index (Phi) is 7.09. The molecule has 0 aliphatic rings. The highest BCUT2D eigenvalue weighted by Gasteiger charge is 2.19. The van der Waals surface area contributed by atoms with E-state index in [0.717, 1.165) is 0 Å². The average molecular weight is 522 g/mol. The van der Waals surface area contributed by atoms with Crippen LogP contribution in [0.15, 0.2) is 113 Å². The van der Waals surface area contributed by atoms with Crippen LogP contribution in [0.4, 0.5) is 17.1 Å². The van der Waals surface area contributed by atoms with Crippen molar-refractivity contribution in [3.63, 3.8) is 0 Å². The SMILES string of the molecule is Cc1c(NS(=O)(=O)c2ccccc2)cccc1C(=O)Nc1ccc(S(=O)(=O)Nc2ccccc2)cc1. The summed E-state index contributed by atoms with van der Waals surface area (Å²) in [6, 6.07) is 26.9. The molecule has 0 aliphatic carbocycles. The average Bonchev–Trinajstić information content (AvgIpc) is 2.86. The van der Waals surface area contributed by atoms with Crippen molar-refractivity contribution in [3.8, 4) is 0 Å². The van der Waals surface area contributed by atoms with E-state index in [1.54, 1.807) is 73.7 Å². The normalized spacial score (nSPS) is 11.5. The molecule has 0 saturated carbocycles. The second-order valence-electron chi connectivity index (χ2n) is 7.85. The zero-order valence-electron chi connectivity index (χ0n) is 19.2. The van der Waals surface area contributed by atoms with Gasteiger partial charge in [-0.25, -0.2) is 16.8 Å². The first kappa shape index (κ1) is 25.0. The van der Waals surface area contributed by atoms with Crippen molar-refractivity contribution in [1.29, 1.82) is 0 Å². The van der Waals surface area contributed by atoms with Gasteiger partial charge in [0.2, 0.25) is 0 Å². The van der Waals surface area contributed by atoms with Gasteiger partial charge in [-0.1, -0.05) is 42.5 Å². The molecule has 3 N–H and O–H groups in total. The zero-order chi connectivity index (χ0) is 25.8. The molecule has 0 radical (unpaired) electrons. The third-order valence-corrected chi connectivity index (χ3v) is 8.10. The molecule has 0 aromatic heterocycles. The molecule has 36 heavy (non-hydrogen) atoms. The van der Waals surface area contributed by atoms with Crippen molar-refractivity contribution >= 4 is 43.0 Å². The van der Waals surface area contributed by atoms with Crippen LogP contribution in [-0.4, -0.2) is 22.7 Å². The standard InChI is InChI=1S/C26H23N3O5S2/c1-19-24(13-8-14-25(19)29-36(33,34)22-11-6-3-7-12-22)26(30)27-20-15-17-23(18-16-20)35(31,32)28-21-9-4-2-5-10-21/h2-18,28-29H,1H3,(H,27,30). The quantitative estimate of drug-likeness (QED) is 0.306. The summed E-state index contributed by atoms with van der Waals surface area (Å²) in [5.74, 6) is -0.466. The number of carbonyl (C=O) groups excluding carboxylic acids is 1. The van der Waals surface area contributed by atoms with Gasteiger partial charge in [0.05, 0.1) is 15.5 Å². The van der Waals surface area contributed by atoms with Crippen molar-refractivity contribution < 1.29 is 21.6 Å². The smallest absolute Gasteiger partial charge is 0.261 e. The monoisotopic (exact) mass is 521 g/mol. The van der Waals surface area contributed by atoms with Gasteiger partial charge in [0.15, 0.2) is 0 Å². The Morgan fingerprint density at radius 1 is 0.583 bits per heavy atom. The minimum Gasteiger partial charge on any atom is -0.322 e. The fourth-order valence-electron chi connectivity index (χ4n) is 3.43. The molecular formula is C26H23N3O5S2. The number of hydrogen-bond acceptors (Lipinski definition) is 5. The van der Waals surface area contributed by atoms with E-state index < -0.39 is 26.0 Å². The molecule has 4 aromatic rings. The van der Waals surface area contributed by atoms with Gasteiger partial charge in [-0.15, -0.1) is 0 Å². The summed E-state index contributed by atoms with van der Waals surface area (Å²) in [6.45, 7) is 1.64. The molecule has 0 unspecified atom stereocenters. The second kappa shape index (κ2) is 10.2. The Bertz CT molecular complexity index is 1590. The summed E-state index contributed by atoms with van der Waals surface area (Å²) in [5.41, 5.74) is 1.81. The van der Waals surface area contributed by atoms with Crippen molar-refractivity contribution in [1.82, 2.24) is 0 Å². The molecule has 0 fully saturated rings. The van der Waals surface area contributed by atoms with Crippen molar-refractivity contribution in [2.45, 2.75) is 16.7 Å². The van der Waals surface area contributed by atoms with Crippen molar-refractivity contribution in [3.05, 3.63) is 114 Å². The third-order valence-electron chi connectivity index (χ3n) is 5.32. The lowest BCUT2D eigenvalue weighted by Crippen LogP contribution is -2.17. The summed E-state index contributed by atoms with van der Waals surface area (Å²) >= 11 is 0. The summed E-state index contributed by atoms with van der Waals surface area (Å²) in [6.07, 6.45) is 0. The lowest BCUT2D eigenvalue weighted by Gasteiger charge is -2.14. The molecule has 0 saturated heterocycles. The topological polar surface area (TPSA) is 121 Å². The number of para-hydroxylation sites is 1. The molecule has 0 bridgehead atoms. The van der Waals surface area contributed by atoms with Gasteiger partial charge >= 0.3 is 0 Å². The Labute approximate surface area is 210 Å². The van der Waals surface area contributed by atoms with Crippen LogP contribution < -0.4 is 14.8 Å². The molecule has 1 amide bonds. The fraction of sp³-hybridized carbons (Fsp3) is 0.0385. The van der Waals surface area contributed by atoms with Crippen LogP contribution in [0, 0.1) is 6.92 Å². The van der Waals surface area contributed by atoms with Gasteiger partial charge in [-0.2, -0.15) is 0 Å². The Hall–Kier alpha value is -4.15. The second-order valence-corrected chi connectivity index (χ2v) is 11.2. The molecule has 0 heterocycles. The number of benzene rings is 4. The summed E-state index contributed by atoms with van der Waals surface area (Å²) in [5, 5.41) is 2.72. The predicted molar refractivity (Wildman–Crippen MR) is 140 cm³/mol. The van der Waals surface area contributed by atoms with E-state index in [4.69, 9.17) is 0 Å². The summed E-state index contributed by atoms with van der Waals surface area (Å²) in [7, 11) is -7.61. The van der Waals surface area contributed by atoms with E-state index in [-0.39, 0.29) is 21.0 Å². The van der Waals surface area contributed by atoms with Crippen LogP contribution in [-0.2, 0) is 20.0 Å². The van der Waals surface area contributed by atoms with Gasteiger partial charge < -0.3 is 5.32 Å². The number of anilines is 3. The minimum atomic E-state index is -3.82. The van der Waals surface area contributed by atoms with E-state index >= 15 is 0 Å². The molecule has 4 rings (SSSR count). The lowest BCUT2D eigenvalue weighted by atomic mass is 10.1. The molecule has 8 nitrogen and oxygen atoms in total. The maximum absolute atomic E-state index is 12.9. The van der Waals surface area contributed by atoms with Crippen LogP contribution in [0.5, 0.6) is 0 Å². The van der Waals surface area contributed by atoms with Gasteiger partial charge in [0, 0.05) is 16.9 Å². The number of hydrogen-bond donors (Lipinski definition) is 3. The summed E-state index contributed by atoms with van der Waals surface area (Å²) < 4.78 is 55.6. The van der Waals surface area contributed by atoms with E-state index in [1.807, 2.05) is 0 Å². The van der Waals surface area contributed by atoms with Crippen LogP contribution >= 0.6 is 0 Å². The van der Waals surface area contributed by atoms with Crippen molar-refractivity contribution in [2.75, 3.05) is 14.8 Å². The molecule has 10 heteroatoms. The van der Waals surface area contributed by atoms with Crippen LogP contribution in [0.1, 0.15) is 15.9 Å². The number of sulfonamides is 2. The highest BCUT2D eigenvalue weighted by molar-refractivity contribution is 7.93. The summed E-state index contributed by atoms with van der Waals surface area (Å²) in [4.78, 5) is 13.1. The third kappa shape index (κ3) is 5.73. The predicted octanol–water partition coefficient (Wildman–Crippen LogP) is 4.85. The first-order valence-corrected chi connectivity index (χ1v) is 13.8. The van der Waals surface area contributed by atoms with E-state index in [9.17, 15) is 21.6 Å². The largest absolute Gasteiger partial charge is 0.322 e. The van der Waals surface area contributed by atoms with E-state index in [0.29, 0.717) is 16.9 Å². The maximum atomic E-state index is 12.9. The first-order valence-electron chi connectivity index (χ1n) is 10.8. The van der Waals surface area contributed by atoms with Crippen LogP contribution in [0.2, 0.25) is 0 Å². The Morgan fingerprint density at radius 2 is 1.14 bits per heavy atom. The Morgan fingerprint density at radius 3 is 1.78 bits per heavy atom. The van der Waals surface area contributed by atoms with Gasteiger partial charge in [0.25, 0.3) is 26.0 Å². The zero-order valence-corrected chi connectivity index (χ0v) is 20.8. The molecular weight excluding hydrogens is 498 g/mol. The van der Waals surface area contributed by atoms with Gasteiger partial charge in [-0.05, 0) is 73.2 Å². The molecule has 4 aromatic carbocycles. The fourth-order valence-corrected chi connectivity index (χ4v) is 5.63. The number of amides is 1. The number of carbonyl (C=O) groups is 1. The number of rotatable bonds is 8. The Balaban J connectivity index is 1.49. The first-order chi connectivity index (χ1) is 17.2. The van der Waals surface area contributed by atoms with E-state index in [1.165, 1.54) is 36.4 Å². The van der Waals surface area contributed by atoms with Crippen LogP contribution in [0.25, 0.3) is 0 Å². The van der Waals surface area contributed by atoms with Gasteiger partial charge in [0.1, 0.15) is 0 Å². The van der Waals surface area contributed by atoms with E-state index in [2.05, 4.69) is 14.8 Å². The van der Waals surface area contributed by atoms with Crippen LogP contribution in [0.3, 0.4) is 0 Å². The maximum Gasteiger partial charge on any atom is 0.261 e. The molecule has 0 aliphatic heterocycles. The minimum absolute atomic E-state index is 0.0397. The van der Waals surface area contributed by atoms with Gasteiger partial charge in [-0.3, -0.25) is 14.2 Å². The lowest BCUT2D eigenvalue weighted by molar-refractivity contribution is 0.102. The highest BCUT2D eigenvalue weighted by atomic mass is 32.2. The molecule has 184 valence electrons. The molecule has 0 spiro atoms.